The van der Waals surface area contributed by atoms with Gasteiger partial charge >= 0.3 is 6.03 Å². The van der Waals surface area contributed by atoms with E-state index in [1.165, 1.54) is 6.42 Å². The van der Waals surface area contributed by atoms with Crippen molar-refractivity contribution in [1.29, 1.82) is 0 Å². The van der Waals surface area contributed by atoms with E-state index in [-0.39, 0.29) is 11.9 Å². The molecule has 2 rings (SSSR count). The van der Waals surface area contributed by atoms with Gasteiger partial charge in [-0.1, -0.05) is 6.92 Å². The van der Waals surface area contributed by atoms with E-state index < -0.39 is 6.04 Å². The van der Waals surface area contributed by atoms with Gasteiger partial charge in [0.15, 0.2) is 0 Å². The highest BCUT2D eigenvalue weighted by Crippen LogP contribution is 2.16. The molecule has 0 aromatic rings. The Morgan fingerprint density at radius 2 is 1.60 bits per heavy atom. The number of likely N-dealkylation sites (tertiary alicyclic amines) is 2. The molecule has 0 aliphatic carbocycles. The number of carbonyl (C=O) groups is 2. The molecule has 1 unspecified atom stereocenters. The summed E-state index contributed by atoms with van der Waals surface area (Å²) < 4.78 is 0. The maximum atomic E-state index is 12.3. The number of nitrogens with one attached hydrogen (secondary N) is 1. The zero-order valence-corrected chi connectivity index (χ0v) is 12.7. The quantitative estimate of drug-likeness (QED) is 0.839. The first kappa shape index (κ1) is 15.1. The summed E-state index contributed by atoms with van der Waals surface area (Å²) in [5, 5.41) is 2.86. The molecule has 1 atom stereocenters. The first-order chi connectivity index (χ1) is 9.58. The predicted octanol–water partition coefficient (Wildman–Crippen LogP) is 1.83. The van der Waals surface area contributed by atoms with Crippen LogP contribution in [0.5, 0.6) is 0 Å². The van der Waals surface area contributed by atoms with Gasteiger partial charge in [0.05, 0.1) is 0 Å². The van der Waals surface area contributed by atoms with Crippen molar-refractivity contribution in [3.63, 3.8) is 0 Å². The van der Waals surface area contributed by atoms with Crippen LogP contribution in [0.4, 0.5) is 4.79 Å². The molecular weight excluding hydrogens is 254 g/mol. The lowest BCUT2D eigenvalue weighted by Crippen LogP contribution is -2.53. The molecule has 1 N–H and O–H groups in total. The average Bonchev–Trinajstić information content (AvgIpc) is 2.48. The SMILES string of the molecule is CC1CCN(C(=O)NC(C)C(=O)N2CCCCC2)CC1. The van der Waals surface area contributed by atoms with Gasteiger partial charge < -0.3 is 15.1 Å². The minimum atomic E-state index is -0.417. The zero-order chi connectivity index (χ0) is 14.5. The highest BCUT2D eigenvalue weighted by atomic mass is 16.2. The third kappa shape index (κ3) is 3.87. The third-order valence-corrected chi connectivity index (χ3v) is 4.45. The highest BCUT2D eigenvalue weighted by molar-refractivity contribution is 5.86. The average molecular weight is 281 g/mol. The van der Waals surface area contributed by atoms with Crippen molar-refractivity contribution in [2.45, 2.75) is 52.0 Å². The molecule has 0 bridgehead atoms. The molecule has 0 radical (unpaired) electrons. The van der Waals surface area contributed by atoms with Crippen LogP contribution >= 0.6 is 0 Å². The van der Waals surface area contributed by atoms with Crippen LogP contribution in [0.15, 0.2) is 0 Å². The standard InChI is InChI=1S/C15H27N3O2/c1-12-6-10-18(11-7-12)15(20)16-13(2)14(19)17-8-4-3-5-9-17/h12-13H,3-11H2,1-2H3,(H,16,20). The molecule has 2 saturated heterocycles. The van der Waals surface area contributed by atoms with E-state index in [1.807, 2.05) is 9.80 Å². The topological polar surface area (TPSA) is 52.7 Å². The monoisotopic (exact) mass is 281 g/mol. The van der Waals surface area contributed by atoms with Crippen molar-refractivity contribution in [1.82, 2.24) is 15.1 Å². The maximum absolute atomic E-state index is 12.3. The lowest BCUT2D eigenvalue weighted by molar-refractivity contribution is -0.133. The van der Waals surface area contributed by atoms with Crippen LogP contribution in [0, 0.1) is 5.92 Å². The van der Waals surface area contributed by atoms with Crippen LogP contribution < -0.4 is 5.32 Å². The van der Waals surface area contributed by atoms with Gasteiger partial charge in [-0.25, -0.2) is 4.79 Å². The van der Waals surface area contributed by atoms with Gasteiger partial charge in [0.2, 0.25) is 5.91 Å². The first-order valence-corrected chi connectivity index (χ1v) is 7.92. The molecule has 3 amide bonds. The van der Waals surface area contributed by atoms with Crippen molar-refractivity contribution in [2.24, 2.45) is 5.92 Å². The Labute approximate surface area is 121 Å². The lowest BCUT2D eigenvalue weighted by atomic mass is 10.00. The van der Waals surface area contributed by atoms with E-state index in [9.17, 15) is 9.59 Å². The lowest BCUT2D eigenvalue weighted by Gasteiger charge is -2.33. The van der Waals surface area contributed by atoms with Gasteiger partial charge in [-0.15, -0.1) is 0 Å². The molecule has 0 aromatic heterocycles. The minimum absolute atomic E-state index is 0.0587. The molecule has 20 heavy (non-hydrogen) atoms. The maximum Gasteiger partial charge on any atom is 0.318 e. The Balaban J connectivity index is 1.79. The molecular formula is C15H27N3O2. The second kappa shape index (κ2) is 6.95. The Kier molecular flexibility index (Phi) is 5.26. The summed E-state index contributed by atoms with van der Waals surface area (Å²) in [6, 6.07) is -0.505. The number of piperidine rings is 2. The fraction of sp³-hybridized carbons (Fsp3) is 0.867. The smallest absolute Gasteiger partial charge is 0.318 e. The van der Waals surface area contributed by atoms with Crippen molar-refractivity contribution in [2.75, 3.05) is 26.2 Å². The van der Waals surface area contributed by atoms with Crippen LogP contribution in [0.1, 0.15) is 46.0 Å². The van der Waals surface area contributed by atoms with Crippen LogP contribution in [-0.2, 0) is 4.79 Å². The van der Waals surface area contributed by atoms with E-state index in [0.29, 0.717) is 5.92 Å². The van der Waals surface area contributed by atoms with E-state index in [2.05, 4.69) is 12.2 Å². The Hall–Kier alpha value is -1.26. The Morgan fingerprint density at radius 3 is 2.20 bits per heavy atom. The van der Waals surface area contributed by atoms with Crippen molar-refractivity contribution in [3.05, 3.63) is 0 Å². The van der Waals surface area contributed by atoms with Crippen LogP contribution in [-0.4, -0.2) is 54.0 Å². The number of rotatable bonds is 2. The van der Waals surface area contributed by atoms with Gasteiger partial charge in [0, 0.05) is 26.2 Å². The predicted molar refractivity (Wildman–Crippen MR) is 78.4 cm³/mol. The van der Waals surface area contributed by atoms with Gasteiger partial charge in [0.1, 0.15) is 6.04 Å². The molecule has 2 heterocycles. The Morgan fingerprint density at radius 1 is 1.00 bits per heavy atom. The van der Waals surface area contributed by atoms with Crippen LogP contribution in [0.25, 0.3) is 0 Å². The second-order valence-corrected chi connectivity index (χ2v) is 6.23. The van der Waals surface area contributed by atoms with E-state index in [4.69, 9.17) is 0 Å². The fourth-order valence-electron chi connectivity index (χ4n) is 2.94. The number of hydrogen-bond donors (Lipinski definition) is 1. The summed E-state index contributed by atoms with van der Waals surface area (Å²) in [7, 11) is 0. The van der Waals surface area contributed by atoms with Gasteiger partial charge in [0.25, 0.3) is 0 Å². The summed E-state index contributed by atoms with van der Waals surface area (Å²) in [6.45, 7) is 7.29. The van der Waals surface area contributed by atoms with Crippen LogP contribution in [0.2, 0.25) is 0 Å². The number of amides is 3. The normalized spacial score (nSPS) is 22.5. The Bertz CT molecular complexity index is 345. The number of nitrogens with zero attached hydrogens (tertiary/aromatic N) is 2. The van der Waals surface area contributed by atoms with Gasteiger partial charge in [-0.2, -0.15) is 0 Å². The van der Waals surface area contributed by atoms with Crippen molar-refractivity contribution >= 4 is 11.9 Å². The number of urea groups is 1. The largest absolute Gasteiger partial charge is 0.341 e. The van der Waals surface area contributed by atoms with Crippen molar-refractivity contribution < 1.29 is 9.59 Å². The fourth-order valence-corrected chi connectivity index (χ4v) is 2.94. The number of hydrogen-bond acceptors (Lipinski definition) is 2. The summed E-state index contributed by atoms with van der Waals surface area (Å²) in [5.41, 5.74) is 0. The second-order valence-electron chi connectivity index (χ2n) is 6.23. The molecule has 0 spiro atoms. The zero-order valence-electron chi connectivity index (χ0n) is 12.7. The highest BCUT2D eigenvalue weighted by Gasteiger charge is 2.26. The van der Waals surface area contributed by atoms with E-state index in [1.54, 1.807) is 6.92 Å². The van der Waals surface area contributed by atoms with Gasteiger partial charge in [-0.05, 0) is 44.9 Å². The van der Waals surface area contributed by atoms with Crippen LogP contribution in [0.3, 0.4) is 0 Å². The summed E-state index contributed by atoms with van der Waals surface area (Å²) >= 11 is 0. The number of carbonyl (C=O) groups excluding carboxylic acids is 2. The molecule has 0 saturated carbocycles. The van der Waals surface area contributed by atoms with E-state index >= 15 is 0 Å². The minimum Gasteiger partial charge on any atom is -0.341 e. The molecule has 0 aromatic carbocycles. The molecule has 2 fully saturated rings. The molecule has 2 aliphatic rings. The molecule has 114 valence electrons. The third-order valence-electron chi connectivity index (χ3n) is 4.45. The molecule has 5 heteroatoms. The van der Waals surface area contributed by atoms with E-state index in [0.717, 1.165) is 51.9 Å². The van der Waals surface area contributed by atoms with Gasteiger partial charge in [-0.3, -0.25) is 4.79 Å². The molecule has 5 nitrogen and oxygen atoms in total. The van der Waals surface area contributed by atoms with Crippen molar-refractivity contribution in [3.8, 4) is 0 Å². The summed E-state index contributed by atoms with van der Waals surface area (Å²) in [4.78, 5) is 28.1. The first-order valence-electron chi connectivity index (χ1n) is 7.92. The summed E-state index contributed by atoms with van der Waals surface area (Å²) in [5.74, 6) is 0.759. The summed E-state index contributed by atoms with van der Waals surface area (Å²) in [6.07, 6.45) is 5.48. The molecule has 2 aliphatic heterocycles.